The molecule has 6 nitrogen and oxygen atoms in total. The minimum atomic E-state index is -0.583. The van der Waals surface area contributed by atoms with Gasteiger partial charge >= 0.3 is 6.03 Å². The van der Waals surface area contributed by atoms with E-state index in [4.69, 9.17) is 4.52 Å². The van der Waals surface area contributed by atoms with Crippen LogP contribution in [0.1, 0.15) is 42.5 Å². The number of rotatable bonds is 5. The first-order chi connectivity index (χ1) is 16.9. The van der Waals surface area contributed by atoms with E-state index >= 15 is 0 Å². The summed E-state index contributed by atoms with van der Waals surface area (Å²) in [5.41, 5.74) is 5.85. The smallest absolute Gasteiger partial charge is 0.326 e. The van der Waals surface area contributed by atoms with Gasteiger partial charge in [-0.1, -0.05) is 66.2 Å². The Morgan fingerprint density at radius 1 is 1.03 bits per heavy atom. The zero-order valence-electron chi connectivity index (χ0n) is 19.7. The third-order valence-electron chi connectivity index (χ3n) is 6.23. The fourth-order valence-corrected chi connectivity index (χ4v) is 4.30. The molecule has 0 bridgehead atoms. The molecule has 4 aromatic rings. The molecule has 1 aliphatic rings. The summed E-state index contributed by atoms with van der Waals surface area (Å²) >= 11 is 0. The number of nitrogens with one attached hydrogen (secondary N) is 1. The number of urea groups is 1. The van der Waals surface area contributed by atoms with Crippen molar-refractivity contribution in [3.8, 4) is 11.4 Å². The molecule has 3 aromatic carbocycles. The molecule has 5 rings (SSSR count). The maximum Gasteiger partial charge on any atom is 0.326 e. The van der Waals surface area contributed by atoms with Crippen molar-refractivity contribution in [2.45, 2.75) is 33.2 Å². The summed E-state index contributed by atoms with van der Waals surface area (Å²) in [4.78, 5) is 19.6. The van der Waals surface area contributed by atoms with Crippen molar-refractivity contribution in [3.63, 3.8) is 0 Å². The summed E-state index contributed by atoms with van der Waals surface area (Å²) in [5, 5.41) is 7.25. The molecule has 0 aliphatic carbocycles. The van der Waals surface area contributed by atoms with Gasteiger partial charge in [-0.05, 0) is 55.7 Å². The maximum absolute atomic E-state index is 13.7. The molecule has 0 radical (unpaired) electrons. The molecule has 0 spiro atoms. The van der Waals surface area contributed by atoms with Crippen LogP contribution in [-0.2, 0) is 6.42 Å². The number of nitrogens with zero attached hydrogens (tertiary/aromatic N) is 3. The van der Waals surface area contributed by atoms with E-state index < -0.39 is 6.04 Å². The lowest BCUT2D eigenvalue weighted by atomic mass is 9.94. The van der Waals surface area contributed by atoms with Crippen molar-refractivity contribution < 1.29 is 13.7 Å². The Bertz CT molecular complexity index is 1410. The zero-order valence-corrected chi connectivity index (χ0v) is 19.7. The SMILES string of the molecule is CCc1cccc(N2C(=O)NC(c3ccc(F)cc3)C(c3nc(-c4ccc(C)cc4)no3)=C2C)c1. The molecular weight excluding hydrogens is 443 g/mol. The molecule has 0 fully saturated rings. The number of hydrogen-bond donors (Lipinski definition) is 1. The standard InChI is InChI=1S/C28H25FN4O2/c1-4-19-6-5-7-23(16-19)33-18(3)24(25(30-28(33)34)20-12-14-22(29)15-13-20)27-31-26(32-35-27)21-10-8-17(2)9-11-21/h5-16,25H,4H2,1-3H3,(H,30,34). The van der Waals surface area contributed by atoms with Crippen molar-refractivity contribution in [1.82, 2.24) is 15.5 Å². The van der Waals surface area contributed by atoms with Crippen LogP contribution in [0.2, 0.25) is 0 Å². The van der Waals surface area contributed by atoms with Crippen LogP contribution in [0.4, 0.5) is 14.9 Å². The number of carbonyl (C=O) groups is 1. The summed E-state index contributed by atoms with van der Waals surface area (Å²) in [5.74, 6) is 0.397. The molecule has 2 heterocycles. The largest absolute Gasteiger partial charge is 0.334 e. The van der Waals surface area contributed by atoms with Crippen LogP contribution in [0.25, 0.3) is 17.0 Å². The number of halogens is 1. The highest BCUT2D eigenvalue weighted by Gasteiger charge is 2.36. The van der Waals surface area contributed by atoms with E-state index in [2.05, 4.69) is 22.4 Å². The molecule has 0 saturated carbocycles. The van der Waals surface area contributed by atoms with E-state index in [1.807, 2.05) is 62.4 Å². The third-order valence-corrected chi connectivity index (χ3v) is 6.23. The Labute approximate surface area is 203 Å². The van der Waals surface area contributed by atoms with Crippen LogP contribution in [0.5, 0.6) is 0 Å². The first kappa shape index (κ1) is 22.5. The van der Waals surface area contributed by atoms with Crippen molar-refractivity contribution in [3.05, 3.63) is 107 Å². The van der Waals surface area contributed by atoms with Crippen LogP contribution < -0.4 is 10.2 Å². The van der Waals surface area contributed by atoms with Crippen LogP contribution in [0.3, 0.4) is 0 Å². The number of anilines is 1. The maximum atomic E-state index is 13.7. The Balaban J connectivity index is 1.65. The first-order valence-electron chi connectivity index (χ1n) is 11.5. The Hall–Kier alpha value is -4.26. The quantitative estimate of drug-likeness (QED) is 0.365. The lowest BCUT2D eigenvalue weighted by Crippen LogP contribution is -2.46. The predicted molar refractivity (Wildman–Crippen MR) is 133 cm³/mol. The van der Waals surface area contributed by atoms with E-state index in [-0.39, 0.29) is 11.8 Å². The normalized spacial score (nSPS) is 15.9. The van der Waals surface area contributed by atoms with Crippen LogP contribution in [-0.4, -0.2) is 16.2 Å². The van der Waals surface area contributed by atoms with Gasteiger partial charge in [0, 0.05) is 11.3 Å². The number of aryl methyl sites for hydroxylation is 2. The summed E-state index contributed by atoms with van der Waals surface area (Å²) in [6, 6.07) is 20.9. The van der Waals surface area contributed by atoms with Gasteiger partial charge in [-0.2, -0.15) is 4.98 Å². The van der Waals surface area contributed by atoms with E-state index in [0.29, 0.717) is 28.5 Å². The zero-order chi connectivity index (χ0) is 24.5. The van der Waals surface area contributed by atoms with Gasteiger partial charge in [-0.15, -0.1) is 0 Å². The fraction of sp³-hybridized carbons (Fsp3) is 0.179. The molecule has 1 N–H and O–H groups in total. The highest BCUT2D eigenvalue weighted by Crippen LogP contribution is 2.39. The number of carbonyl (C=O) groups excluding carboxylic acids is 1. The average molecular weight is 469 g/mol. The third kappa shape index (κ3) is 4.33. The highest BCUT2D eigenvalue weighted by molar-refractivity contribution is 6.01. The second-order valence-electron chi connectivity index (χ2n) is 8.58. The average Bonchev–Trinajstić information content (AvgIpc) is 3.34. The first-order valence-corrected chi connectivity index (χ1v) is 11.5. The lowest BCUT2D eigenvalue weighted by Gasteiger charge is -2.35. The number of benzene rings is 3. The predicted octanol–water partition coefficient (Wildman–Crippen LogP) is 6.45. The molecule has 176 valence electrons. The van der Waals surface area contributed by atoms with Gasteiger partial charge < -0.3 is 9.84 Å². The van der Waals surface area contributed by atoms with Gasteiger partial charge in [-0.25, -0.2) is 9.18 Å². The molecule has 1 aromatic heterocycles. The van der Waals surface area contributed by atoms with Crippen molar-refractivity contribution in [1.29, 1.82) is 0 Å². The number of hydrogen-bond acceptors (Lipinski definition) is 4. The minimum absolute atomic E-state index is 0.285. The second-order valence-corrected chi connectivity index (χ2v) is 8.58. The van der Waals surface area contributed by atoms with Gasteiger partial charge in [0.2, 0.25) is 5.82 Å². The molecule has 35 heavy (non-hydrogen) atoms. The monoisotopic (exact) mass is 468 g/mol. The van der Waals surface area contributed by atoms with Gasteiger partial charge in [0.05, 0.1) is 17.3 Å². The van der Waals surface area contributed by atoms with Crippen molar-refractivity contribution in [2.75, 3.05) is 4.90 Å². The fourth-order valence-electron chi connectivity index (χ4n) is 4.30. The Morgan fingerprint density at radius 3 is 2.49 bits per heavy atom. The summed E-state index contributed by atoms with van der Waals surface area (Å²) < 4.78 is 19.4. The molecule has 1 unspecified atom stereocenters. The van der Waals surface area contributed by atoms with Gasteiger partial charge in [0.25, 0.3) is 5.89 Å². The summed E-state index contributed by atoms with van der Waals surface area (Å²) in [6.45, 7) is 5.94. The topological polar surface area (TPSA) is 71.3 Å². The number of allylic oxidation sites excluding steroid dienone is 1. The number of aromatic nitrogens is 2. The minimum Gasteiger partial charge on any atom is -0.334 e. The molecule has 7 heteroatoms. The van der Waals surface area contributed by atoms with Crippen LogP contribution in [0, 0.1) is 12.7 Å². The lowest BCUT2D eigenvalue weighted by molar-refractivity contribution is 0.244. The van der Waals surface area contributed by atoms with Gasteiger partial charge in [0.1, 0.15) is 5.82 Å². The summed E-state index contributed by atoms with van der Waals surface area (Å²) in [7, 11) is 0. The van der Waals surface area contributed by atoms with Gasteiger partial charge in [-0.3, -0.25) is 4.90 Å². The highest BCUT2D eigenvalue weighted by atomic mass is 19.1. The van der Waals surface area contributed by atoms with E-state index in [0.717, 1.165) is 28.8 Å². The van der Waals surface area contributed by atoms with Gasteiger partial charge in [0.15, 0.2) is 0 Å². The van der Waals surface area contributed by atoms with Crippen LogP contribution >= 0.6 is 0 Å². The Morgan fingerprint density at radius 2 is 1.77 bits per heavy atom. The number of amides is 2. The molecular formula is C28H25FN4O2. The Kier molecular flexibility index (Phi) is 5.91. The van der Waals surface area contributed by atoms with E-state index in [9.17, 15) is 9.18 Å². The molecule has 2 amide bonds. The molecule has 1 atom stereocenters. The van der Waals surface area contributed by atoms with Crippen LogP contribution in [0.15, 0.2) is 83.0 Å². The summed E-state index contributed by atoms with van der Waals surface area (Å²) in [6.07, 6.45) is 0.848. The molecule has 0 saturated heterocycles. The van der Waals surface area contributed by atoms with Crippen molar-refractivity contribution >= 4 is 17.3 Å². The van der Waals surface area contributed by atoms with E-state index in [1.54, 1.807) is 17.0 Å². The van der Waals surface area contributed by atoms with Crippen molar-refractivity contribution in [2.24, 2.45) is 0 Å². The second kappa shape index (κ2) is 9.18. The van der Waals surface area contributed by atoms with E-state index in [1.165, 1.54) is 12.1 Å². The molecule has 1 aliphatic heterocycles.